The average molecular weight is 298 g/mol. The number of rotatable bonds is 9. The Morgan fingerprint density at radius 3 is 2.14 bits per heavy atom. The van der Waals surface area contributed by atoms with Crippen LogP contribution < -0.4 is 14.2 Å². The molecule has 0 aromatic heterocycles. The number of methoxy groups -OCH3 is 3. The Kier molecular flexibility index (Phi) is 6.98. The highest BCUT2D eigenvalue weighted by molar-refractivity contribution is 5.97. The average Bonchev–Trinajstić information content (AvgIpc) is 2.52. The number of Topliss-reactive ketones (excluding diaryl/α,β-unsaturated/α-hetero) is 1. The Morgan fingerprint density at radius 1 is 1.14 bits per heavy atom. The number of hydrogen-bond acceptors (Lipinski definition) is 6. The van der Waals surface area contributed by atoms with Gasteiger partial charge in [-0.1, -0.05) is 0 Å². The molecule has 0 fully saturated rings. The van der Waals surface area contributed by atoms with Gasteiger partial charge in [-0.15, -0.1) is 0 Å². The Morgan fingerprint density at radius 2 is 1.71 bits per heavy atom. The van der Waals surface area contributed by atoms with Gasteiger partial charge in [-0.05, 0) is 25.0 Å². The molecule has 6 heteroatoms. The highest BCUT2D eigenvalue weighted by Gasteiger charge is 2.17. The van der Waals surface area contributed by atoms with Crippen LogP contribution in [0.4, 0.5) is 0 Å². The molecule has 0 aliphatic heterocycles. The number of carbonyl (C=O) groups excluding carboxylic acids is 1. The van der Waals surface area contributed by atoms with Crippen LogP contribution in [0.2, 0.25) is 0 Å². The lowest BCUT2D eigenvalue weighted by Crippen LogP contribution is -2.12. The second kappa shape index (κ2) is 8.49. The smallest absolute Gasteiger partial charge is 0.203 e. The molecule has 0 saturated heterocycles. The molecule has 2 N–H and O–H groups in total. The van der Waals surface area contributed by atoms with Gasteiger partial charge in [0.05, 0.1) is 34.0 Å². The Hall–Kier alpha value is -1.79. The lowest BCUT2D eigenvalue weighted by Gasteiger charge is -2.13. The van der Waals surface area contributed by atoms with Gasteiger partial charge >= 0.3 is 0 Å². The quantitative estimate of drug-likeness (QED) is 0.671. The van der Waals surface area contributed by atoms with Crippen molar-refractivity contribution in [2.45, 2.75) is 25.4 Å². The van der Waals surface area contributed by atoms with Gasteiger partial charge in [0.25, 0.3) is 0 Å². The molecule has 1 aromatic rings. The van der Waals surface area contributed by atoms with Gasteiger partial charge < -0.3 is 24.4 Å². The summed E-state index contributed by atoms with van der Waals surface area (Å²) < 4.78 is 15.6. The van der Waals surface area contributed by atoms with E-state index in [1.807, 2.05) is 0 Å². The second-order valence-electron chi connectivity index (χ2n) is 4.57. The number of aliphatic hydroxyl groups excluding tert-OH is 2. The van der Waals surface area contributed by atoms with Crippen LogP contribution in [-0.4, -0.2) is 50.0 Å². The second-order valence-corrected chi connectivity index (χ2v) is 4.57. The van der Waals surface area contributed by atoms with Crippen LogP contribution in [0.25, 0.3) is 0 Å². The third-order valence-corrected chi connectivity index (χ3v) is 3.14. The lowest BCUT2D eigenvalue weighted by atomic mass is 10.0. The maximum absolute atomic E-state index is 12.2. The number of benzene rings is 1. The van der Waals surface area contributed by atoms with Crippen molar-refractivity contribution in [3.05, 3.63) is 17.7 Å². The zero-order chi connectivity index (χ0) is 15.8. The zero-order valence-corrected chi connectivity index (χ0v) is 12.6. The molecule has 0 spiro atoms. The first-order valence-electron chi connectivity index (χ1n) is 6.69. The van der Waals surface area contributed by atoms with E-state index in [0.717, 1.165) is 0 Å². The highest BCUT2D eigenvalue weighted by atomic mass is 16.5. The Balaban J connectivity index is 2.84. The third-order valence-electron chi connectivity index (χ3n) is 3.14. The molecule has 21 heavy (non-hydrogen) atoms. The van der Waals surface area contributed by atoms with Gasteiger partial charge in [0.1, 0.15) is 0 Å². The fourth-order valence-electron chi connectivity index (χ4n) is 1.98. The summed E-state index contributed by atoms with van der Waals surface area (Å²) in [7, 11) is 4.48. The van der Waals surface area contributed by atoms with E-state index in [0.29, 0.717) is 35.7 Å². The molecule has 118 valence electrons. The molecule has 0 amide bonds. The van der Waals surface area contributed by atoms with Crippen LogP contribution in [0.1, 0.15) is 29.6 Å². The molecule has 6 nitrogen and oxygen atoms in total. The fourth-order valence-corrected chi connectivity index (χ4v) is 1.98. The van der Waals surface area contributed by atoms with Crippen molar-refractivity contribution in [3.63, 3.8) is 0 Å². The van der Waals surface area contributed by atoms with Crippen molar-refractivity contribution in [2.24, 2.45) is 0 Å². The van der Waals surface area contributed by atoms with Gasteiger partial charge in [0.2, 0.25) is 5.75 Å². The third kappa shape index (κ3) is 4.61. The van der Waals surface area contributed by atoms with Crippen LogP contribution in [0.5, 0.6) is 17.2 Å². The first-order chi connectivity index (χ1) is 10.1. The van der Waals surface area contributed by atoms with E-state index >= 15 is 0 Å². The first-order valence-corrected chi connectivity index (χ1v) is 6.69. The van der Waals surface area contributed by atoms with Gasteiger partial charge in [-0.2, -0.15) is 0 Å². The monoisotopic (exact) mass is 298 g/mol. The largest absolute Gasteiger partial charge is 0.493 e. The minimum Gasteiger partial charge on any atom is -0.493 e. The van der Waals surface area contributed by atoms with Crippen molar-refractivity contribution in [1.29, 1.82) is 0 Å². The van der Waals surface area contributed by atoms with Crippen LogP contribution in [-0.2, 0) is 0 Å². The van der Waals surface area contributed by atoms with E-state index in [1.54, 1.807) is 12.1 Å². The van der Waals surface area contributed by atoms with E-state index < -0.39 is 6.10 Å². The van der Waals surface area contributed by atoms with E-state index in [4.69, 9.17) is 19.3 Å². The minimum atomic E-state index is -0.780. The molecule has 0 saturated carbocycles. The number of ketones is 1. The van der Waals surface area contributed by atoms with Crippen molar-refractivity contribution in [1.82, 2.24) is 0 Å². The van der Waals surface area contributed by atoms with Crippen molar-refractivity contribution < 1.29 is 29.2 Å². The predicted molar refractivity (Wildman–Crippen MR) is 77.4 cm³/mol. The molecule has 0 aliphatic carbocycles. The van der Waals surface area contributed by atoms with Crippen LogP contribution in [0.3, 0.4) is 0 Å². The molecular weight excluding hydrogens is 276 g/mol. The molecular formula is C15H22O6. The summed E-state index contributed by atoms with van der Waals surface area (Å²) in [6.45, 7) is -0.293. The van der Waals surface area contributed by atoms with Gasteiger partial charge in [-0.25, -0.2) is 0 Å². The lowest BCUT2D eigenvalue weighted by molar-refractivity contribution is 0.0828. The normalized spacial score (nSPS) is 11.9. The van der Waals surface area contributed by atoms with E-state index in [-0.39, 0.29) is 18.8 Å². The van der Waals surface area contributed by atoms with Gasteiger partial charge in [0, 0.05) is 12.0 Å². The first kappa shape index (κ1) is 17.3. The Labute approximate surface area is 124 Å². The molecule has 1 atom stereocenters. The molecule has 1 rings (SSSR count). The molecule has 0 radical (unpaired) electrons. The molecule has 1 aromatic carbocycles. The summed E-state index contributed by atoms with van der Waals surface area (Å²) in [5.41, 5.74) is 0.461. The standard InChI is InChI=1S/C15H22O6/c1-19-13-7-10(8-14(20-2)15(13)21-3)12(18)6-4-5-11(17)9-16/h7-8,11,16-17H,4-6,9H2,1-3H3. The molecule has 1 unspecified atom stereocenters. The SMILES string of the molecule is COc1cc(C(=O)CCCC(O)CO)cc(OC)c1OC. The summed E-state index contributed by atoms with van der Waals surface area (Å²) in [6, 6.07) is 3.21. The van der Waals surface area contributed by atoms with Gasteiger partial charge in [-0.3, -0.25) is 4.79 Å². The van der Waals surface area contributed by atoms with Crippen LogP contribution >= 0.6 is 0 Å². The van der Waals surface area contributed by atoms with E-state index in [1.165, 1.54) is 21.3 Å². The van der Waals surface area contributed by atoms with Crippen molar-refractivity contribution >= 4 is 5.78 Å². The number of aliphatic hydroxyl groups is 2. The topological polar surface area (TPSA) is 85.2 Å². The zero-order valence-electron chi connectivity index (χ0n) is 12.6. The summed E-state index contributed by atoms with van der Waals surface area (Å²) in [6.07, 6.45) is 0.372. The van der Waals surface area contributed by atoms with Gasteiger partial charge in [0.15, 0.2) is 17.3 Å². The van der Waals surface area contributed by atoms with Crippen LogP contribution in [0.15, 0.2) is 12.1 Å². The maximum Gasteiger partial charge on any atom is 0.203 e. The van der Waals surface area contributed by atoms with E-state index in [9.17, 15) is 9.90 Å². The molecule has 0 heterocycles. The summed E-state index contributed by atoms with van der Waals surface area (Å²) in [5.74, 6) is 1.21. The molecule has 0 bridgehead atoms. The summed E-state index contributed by atoms with van der Waals surface area (Å²) in [5, 5.41) is 18.0. The minimum absolute atomic E-state index is 0.0839. The predicted octanol–water partition coefficient (Wildman–Crippen LogP) is 1.42. The van der Waals surface area contributed by atoms with Crippen molar-refractivity contribution in [3.8, 4) is 17.2 Å². The summed E-state index contributed by atoms with van der Waals surface area (Å²) >= 11 is 0. The highest BCUT2D eigenvalue weighted by Crippen LogP contribution is 2.38. The van der Waals surface area contributed by atoms with E-state index in [2.05, 4.69) is 0 Å². The Bertz CT molecular complexity index is 446. The van der Waals surface area contributed by atoms with Crippen molar-refractivity contribution in [2.75, 3.05) is 27.9 Å². The number of hydrogen-bond donors (Lipinski definition) is 2. The van der Waals surface area contributed by atoms with Crippen LogP contribution in [0, 0.1) is 0 Å². The molecule has 0 aliphatic rings. The summed E-state index contributed by atoms with van der Waals surface area (Å²) in [4.78, 5) is 12.2. The maximum atomic E-state index is 12.2. The number of carbonyl (C=O) groups is 1. The number of ether oxygens (including phenoxy) is 3. The fraction of sp³-hybridized carbons (Fsp3) is 0.533.